The summed E-state index contributed by atoms with van der Waals surface area (Å²) in [5.74, 6) is 3.02. The standard InChI is InChI=1S/C20H35N3OS/c1-15(20-12-16-9-17(13-20)11-18(10-16)14-20)22-19(25)21-3-2-4-23-5-7-24-8-6-23/h15-18H,2-14H2,1H3,(H2,21,22,25)/p+1/t15-,16?,17?,18?,20?/m0/s1. The minimum atomic E-state index is 0.519. The Bertz CT molecular complexity index is 442. The van der Waals surface area contributed by atoms with Crippen molar-refractivity contribution in [2.24, 2.45) is 23.2 Å². The topological polar surface area (TPSA) is 37.7 Å². The van der Waals surface area contributed by atoms with E-state index in [1.807, 2.05) is 0 Å². The molecule has 4 bridgehead atoms. The number of rotatable bonds is 6. The second-order valence-electron chi connectivity index (χ2n) is 9.37. The van der Waals surface area contributed by atoms with Gasteiger partial charge >= 0.3 is 0 Å². The first-order chi connectivity index (χ1) is 12.1. The van der Waals surface area contributed by atoms with Gasteiger partial charge in [0.05, 0.1) is 19.8 Å². The van der Waals surface area contributed by atoms with E-state index >= 15 is 0 Å². The van der Waals surface area contributed by atoms with E-state index in [4.69, 9.17) is 17.0 Å². The van der Waals surface area contributed by atoms with Crippen LogP contribution in [0.1, 0.15) is 51.9 Å². The Hall–Kier alpha value is -0.390. The summed E-state index contributed by atoms with van der Waals surface area (Å²) in [6.07, 6.45) is 10.0. The molecule has 0 aromatic carbocycles. The number of nitrogens with one attached hydrogen (secondary N) is 3. The molecule has 0 unspecified atom stereocenters. The Morgan fingerprint density at radius 2 is 1.72 bits per heavy atom. The van der Waals surface area contributed by atoms with Crippen molar-refractivity contribution in [3.05, 3.63) is 0 Å². The van der Waals surface area contributed by atoms with Crippen LogP contribution in [-0.4, -0.2) is 50.5 Å². The highest BCUT2D eigenvalue weighted by Gasteiger charge is 2.53. The molecule has 1 saturated heterocycles. The Morgan fingerprint density at radius 3 is 2.32 bits per heavy atom. The second-order valence-corrected chi connectivity index (χ2v) is 9.78. The molecule has 1 atom stereocenters. The number of hydrogen-bond donors (Lipinski definition) is 3. The van der Waals surface area contributed by atoms with E-state index in [-0.39, 0.29) is 0 Å². The van der Waals surface area contributed by atoms with Gasteiger partial charge in [-0.3, -0.25) is 0 Å². The molecule has 3 N–H and O–H groups in total. The van der Waals surface area contributed by atoms with Crippen molar-refractivity contribution in [2.75, 3.05) is 39.4 Å². The SMILES string of the molecule is C[C@H](NC(=S)NCCC[NH+]1CCOCC1)C12CC3CC(CC(C3)C1)C2. The van der Waals surface area contributed by atoms with Gasteiger partial charge in [-0.05, 0) is 80.8 Å². The quantitative estimate of drug-likeness (QED) is 0.490. The van der Waals surface area contributed by atoms with Crippen LogP contribution in [0, 0.1) is 23.2 Å². The molecule has 1 heterocycles. The Kier molecular flexibility index (Phi) is 5.54. The average molecular weight is 367 g/mol. The lowest BCUT2D eigenvalue weighted by atomic mass is 9.48. The molecule has 0 amide bonds. The molecule has 4 saturated carbocycles. The first-order valence-electron chi connectivity index (χ1n) is 10.6. The van der Waals surface area contributed by atoms with E-state index in [0.29, 0.717) is 11.5 Å². The fourth-order valence-electron chi connectivity index (χ4n) is 6.56. The van der Waals surface area contributed by atoms with Gasteiger partial charge in [-0.2, -0.15) is 0 Å². The molecule has 5 rings (SSSR count). The van der Waals surface area contributed by atoms with Crippen molar-refractivity contribution in [1.82, 2.24) is 10.6 Å². The molecule has 0 spiro atoms. The number of ether oxygens (including phenoxy) is 1. The normalized spacial score (nSPS) is 38.5. The smallest absolute Gasteiger partial charge is 0.166 e. The Morgan fingerprint density at radius 1 is 1.12 bits per heavy atom. The molecule has 0 aromatic rings. The van der Waals surface area contributed by atoms with Gasteiger partial charge in [-0.1, -0.05) is 0 Å². The maximum absolute atomic E-state index is 5.61. The first-order valence-corrected chi connectivity index (χ1v) is 11.0. The van der Waals surface area contributed by atoms with Gasteiger partial charge in [-0.15, -0.1) is 0 Å². The number of morpholine rings is 1. The minimum Gasteiger partial charge on any atom is -0.370 e. The highest BCUT2D eigenvalue weighted by molar-refractivity contribution is 7.80. The van der Waals surface area contributed by atoms with Gasteiger partial charge in [0.2, 0.25) is 0 Å². The fourth-order valence-corrected chi connectivity index (χ4v) is 6.84. The highest BCUT2D eigenvalue weighted by atomic mass is 32.1. The third kappa shape index (κ3) is 4.14. The van der Waals surface area contributed by atoms with E-state index in [1.165, 1.54) is 51.5 Å². The zero-order chi connectivity index (χ0) is 17.3. The van der Waals surface area contributed by atoms with Crippen molar-refractivity contribution in [1.29, 1.82) is 0 Å². The Labute approximate surface area is 158 Å². The zero-order valence-electron chi connectivity index (χ0n) is 15.8. The summed E-state index contributed by atoms with van der Waals surface area (Å²) in [6, 6.07) is 0.519. The van der Waals surface area contributed by atoms with Gasteiger partial charge in [0.1, 0.15) is 13.1 Å². The maximum atomic E-state index is 5.61. The summed E-state index contributed by atoms with van der Waals surface area (Å²) >= 11 is 5.61. The molecule has 142 valence electrons. The summed E-state index contributed by atoms with van der Waals surface area (Å²) in [4.78, 5) is 1.67. The molecule has 0 radical (unpaired) electrons. The summed E-state index contributed by atoms with van der Waals surface area (Å²) < 4.78 is 5.42. The van der Waals surface area contributed by atoms with Gasteiger partial charge in [0.15, 0.2) is 5.11 Å². The van der Waals surface area contributed by atoms with E-state index in [1.54, 1.807) is 4.90 Å². The predicted molar refractivity (Wildman–Crippen MR) is 105 cm³/mol. The molecule has 5 aliphatic rings. The van der Waals surface area contributed by atoms with Crippen LogP contribution in [0.3, 0.4) is 0 Å². The summed E-state index contributed by atoms with van der Waals surface area (Å²) in [7, 11) is 0. The van der Waals surface area contributed by atoms with Gasteiger partial charge in [0, 0.05) is 19.0 Å². The lowest BCUT2D eigenvalue weighted by molar-refractivity contribution is -0.908. The largest absolute Gasteiger partial charge is 0.370 e. The van der Waals surface area contributed by atoms with Crippen LogP contribution in [0.25, 0.3) is 0 Å². The number of hydrogen-bond acceptors (Lipinski definition) is 2. The number of thiocarbonyl (C=S) groups is 1. The molecule has 25 heavy (non-hydrogen) atoms. The third-order valence-electron chi connectivity index (χ3n) is 7.54. The van der Waals surface area contributed by atoms with Crippen molar-refractivity contribution < 1.29 is 9.64 Å². The van der Waals surface area contributed by atoms with Crippen molar-refractivity contribution in [3.8, 4) is 0 Å². The fraction of sp³-hybridized carbons (Fsp3) is 0.950. The van der Waals surface area contributed by atoms with E-state index < -0.39 is 0 Å². The van der Waals surface area contributed by atoms with Crippen molar-refractivity contribution >= 4 is 17.3 Å². The van der Waals surface area contributed by atoms with E-state index in [9.17, 15) is 0 Å². The van der Waals surface area contributed by atoms with Crippen LogP contribution in [0.15, 0.2) is 0 Å². The van der Waals surface area contributed by atoms with Gasteiger partial charge < -0.3 is 20.3 Å². The lowest BCUT2D eigenvalue weighted by Gasteiger charge is -2.59. The van der Waals surface area contributed by atoms with Crippen LogP contribution in [0.5, 0.6) is 0 Å². The molecule has 1 aliphatic heterocycles. The third-order valence-corrected chi connectivity index (χ3v) is 7.81. The van der Waals surface area contributed by atoms with E-state index in [2.05, 4.69) is 17.6 Å². The number of quaternary nitrogens is 1. The average Bonchev–Trinajstić information content (AvgIpc) is 2.58. The molecule has 4 nitrogen and oxygen atoms in total. The highest BCUT2D eigenvalue weighted by Crippen LogP contribution is 2.61. The Balaban J connectivity index is 1.19. The monoisotopic (exact) mass is 366 g/mol. The van der Waals surface area contributed by atoms with Crippen molar-refractivity contribution in [3.63, 3.8) is 0 Å². The molecule has 5 fully saturated rings. The summed E-state index contributed by atoms with van der Waals surface area (Å²) in [5, 5.41) is 8.01. The second kappa shape index (κ2) is 7.69. The van der Waals surface area contributed by atoms with Crippen LogP contribution in [-0.2, 0) is 4.74 Å². The molecule has 5 heteroatoms. The molecular weight excluding hydrogens is 330 g/mol. The molecule has 0 aromatic heterocycles. The van der Waals surface area contributed by atoms with Crippen LogP contribution < -0.4 is 15.5 Å². The van der Waals surface area contributed by atoms with Gasteiger partial charge in [0.25, 0.3) is 0 Å². The van der Waals surface area contributed by atoms with Crippen LogP contribution in [0.2, 0.25) is 0 Å². The van der Waals surface area contributed by atoms with Gasteiger partial charge in [-0.25, -0.2) is 0 Å². The summed E-state index contributed by atoms with van der Waals surface area (Å²) in [5.41, 5.74) is 0.526. The predicted octanol–water partition coefficient (Wildman–Crippen LogP) is 1.36. The minimum absolute atomic E-state index is 0.519. The summed E-state index contributed by atoms with van der Waals surface area (Å²) in [6.45, 7) is 8.76. The van der Waals surface area contributed by atoms with Crippen LogP contribution in [0.4, 0.5) is 0 Å². The van der Waals surface area contributed by atoms with Crippen LogP contribution >= 0.6 is 12.2 Å². The maximum Gasteiger partial charge on any atom is 0.166 e. The van der Waals surface area contributed by atoms with Crippen molar-refractivity contribution in [2.45, 2.75) is 57.9 Å². The zero-order valence-corrected chi connectivity index (χ0v) is 16.6. The lowest BCUT2D eigenvalue weighted by Crippen LogP contribution is -3.14. The van der Waals surface area contributed by atoms with E-state index in [0.717, 1.165) is 55.7 Å². The first kappa shape index (κ1) is 18.0. The molecule has 4 aliphatic carbocycles. The molecular formula is C20H36N3OS+.